The topological polar surface area (TPSA) is 194 Å². The maximum absolute atomic E-state index is 14.2. The Morgan fingerprint density at radius 1 is 0.630 bits per heavy atom. The van der Waals surface area contributed by atoms with Gasteiger partial charge in [-0.25, -0.2) is 0 Å². The number of rotatable bonds is 9. The van der Waals surface area contributed by atoms with Crippen LogP contribution in [0.4, 0.5) is 0 Å². The Balaban J connectivity index is 1.39. The first-order valence-electron chi connectivity index (χ1n) is 19.4. The molecule has 0 aromatic heterocycles. The molecule has 5 amide bonds. The molecule has 6 N–H and O–H groups in total. The highest BCUT2D eigenvalue weighted by atomic mass is 16.2. The molecular formula is C42H53N5O7. The van der Waals surface area contributed by atoms with Gasteiger partial charge in [-0.3, -0.25) is 33.6 Å². The highest BCUT2D eigenvalue weighted by Crippen LogP contribution is 2.36. The van der Waals surface area contributed by atoms with E-state index in [4.69, 9.17) is 5.73 Å². The number of nitrogens with two attached hydrogens (primary N) is 1. The van der Waals surface area contributed by atoms with E-state index in [1.165, 1.54) is 0 Å². The van der Waals surface area contributed by atoms with E-state index in [1.807, 2.05) is 6.07 Å². The van der Waals surface area contributed by atoms with E-state index >= 15 is 0 Å². The molecule has 2 aliphatic carbocycles. The molecule has 2 aromatic rings. The van der Waals surface area contributed by atoms with E-state index in [-0.39, 0.29) is 37.5 Å². The fourth-order valence-electron chi connectivity index (χ4n) is 7.38. The zero-order valence-electron chi connectivity index (χ0n) is 30.9. The van der Waals surface area contributed by atoms with Crippen LogP contribution >= 0.6 is 0 Å². The molecule has 2 aromatic carbocycles. The summed E-state index contributed by atoms with van der Waals surface area (Å²) in [5.41, 5.74) is 7.30. The number of nitrogens with one attached hydrogen (secondary N) is 4. The molecule has 3 aliphatic rings. The first-order chi connectivity index (χ1) is 26.0. The summed E-state index contributed by atoms with van der Waals surface area (Å²) in [6.45, 7) is 0.231. The Labute approximate surface area is 316 Å². The summed E-state index contributed by atoms with van der Waals surface area (Å²) in [6.07, 6.45) is 11.2. The molecular weight excluding hydrogens is 686 g/mol. The van der Waals surface area contributed by atoms with Gasteiger partial charge in [0.1, 0.15) is 18.1 Å². The molecule has 1 aliphatic heterocycles. The van der Waals surface area contributed by atoms with Gasteiger partial charge in [-0.05, 0) is 55.6 Å². The molecule has 1 unspecified atom stereocenters. The SMILES string of the molecule is NC(=O)[C@@H]1CCCCNC(=O)C(Cc2ccc(C(=O)c3ccccc3)cc2)NC(=O)[C@H](CC2CCCCC2)NC(=O)[C@H](CC2CC2)CC(=O)C=CC(=O)N1. The van der Waals surface area contributed by atoms with Crippen molar-refractivity contribution in [2.45, 2.75) is 108 Å². The van der Waals surface area contributed by atoms with Crippen LogP contribution in [-0.2, 0) is 35.2 Å². The van der Waals surface area contributed by atoms with Crippen LogP contribution in [0.2, 0.25) is 0 Å². The molecule has 2 fully saturated rings. The number of carbonyl (C=O) groups excluding carboxylic acids is 7. The van der Waals surface area contributed by atoms with Crippen LogP contribution < -0.4 is 27.0 Å². The van der Waals surface area contributed by atoms with E-state index in [0.29, 0.717) is 42.7 Å². The maximum atomic E-state index is 14.2. The van der Waals surface area contributed by atoms with Crippen molar-refractivity contribution in [1.29, 1.82) is 0 Å². The van der Waals surface area contributed by atoms with E-state index in [0.717, 1.165) is 62.7 Å². The summed E-state index contributed by atoms with van der Waals surface area (Å²) in [7, 11) is 0. The second-order valence-corrected chi connectivity index (χ2v) is 15.1. The lowest BCUT2D eigenvalue weighted by atomic mass is 9.84. The van der Waals surface area contributed by atoms with Gasteiger partial charge in [0, 0.05) is 42.5 Å². The van der Waals surface area contributed by atoms with Crippen molar-refractivity contribution in [3.63, 3.8) is 0 Å². The highest BCUT2D eigenvalue weighted by molar-refractivity contribution is 6.09. The van der Waals surface area contributed by atoms with E-state index in [9.17, 15) is 33.6 Å². The predicted molar refractivity (Wildman–Crippen MR) is 203 cm³/mol. The van der Waals surface area contributed by atoms with Crippen molar-refractivity contribution in [2.75, 3.05) is 6.54 Å². The fourth-order valence-corrected chi connectivity index (χ4v) is 7.38. The molecule has 12 nitrogen and oxygen atoms in total. The number of ketones is 2. The Morgan fingerprint density at radius 2 is 1.28 bits per heavy atom. The van der Waals surface area contributed by atoms with Crippen LogP contribution in [0.25, 0.3) is 0 Å². The van der Waals surface area contributed by atoms with E-state index in [2.05, 4.69) is 21.3 Å². The van der Waals surface area contributed by atoms with Gasteiger partial charge in [0.05, 0.1) is 0 Å². The standard InChI is InChI=1S/C42H53N5O7/c43-39(51)34-13-7-8-22-44-41(53)35(25-29-16-18-31(19-17-29)38(50)30-11-5-2-6-12-30)47-42(54)36(24-27-9-3-1-4-10-27)46-40(52)32(23-28-14-15-28)26-33(48)20-21-37(49)45-34/h2,5-6,11-12,16-21,27-28,32,34-36H,1,3-4,7-10,13-15,22-26H2,(H2,43,51)(H,44,53)(H,45,49)(H,46,52)(H,47,54)/t32-,34+,35?,36+/m1/s1. The molecule has 12 heteroatoms. The third kappa shape index (κ3) is 12.5. The van der Waals surface area contributed by atoms with Crippen LogP contribution in [0.1, 0.15) is 105 Å². The number of amides is 5. The molecule has 288 valence electrons. The predicted octanol–water partition coefficient (Wildman–Crippen LogP) is 3.60. The largest absolute Gasteiger partial charge is 0.368 e. The smallest absolute Gasteiger partial charge is 0.244 e. The average Bonchev–Trinajstić information content (AvgIpc) is 4.00. The van der Waals surface area contributed by atoms with Gasteiger partial charge in [0.15, 0.2) is 11.6 Å². The lowest BCUT2D eigenvalue weighted by Crippen LogP contribution is -2.55. The zero-order chi connectivity index (χ0) is 38.5. The summed E-state index contributed by atoms with van der Waals surface area (Å²) in [5, 5.41) is 11.4. The van der Waals surface area contributed by atoms with Crippen molar-refractivity contribution in [2.24, 2.45) is 23.5 Å². The first-order valence-corrected chi connectivity index (χ1v) is 19.4. The molecule has 5 rings (SSSR count). The number of hydrogen-bond acceptors (Lipinski definition) is 7. The Kier molecular flexibility index (Phi) is 14.7. The number of primary amides is 1. The minimum Gasteiger partial charge on any atom is -0.368 e. The quantitative estimate of drug-likeness (QED) is 0.243. The summed E-state index contributed by atoms with van der Waals surface area (Å²) in [6, 6.07) is 13.0. The number of carbonyl (C=O) groups is 7. The molecule has 0 radical (unpaired) electrons. The highest BCUT2D eigenvalue weighted by Gasteiger charge is 2.35. The summed E-state index contributed by atoms with van der Waals surface area (Å²) in [4.78, 5) is 92.6. The minimum atomic E-state index is -1.00. The van der Waals surface area contributed by atoms with Gasteiger partial charge in [-0.2, -0.15) is 0 Å². The molecule has 54 heavy (non-hydrogen) atoms. The number of hydrogen-bond donors (Lipinski definition) is 5. The Morgan fingerprint density at radius 3 is 1.96 bits per heavy atom. The van der Waals surface area contributed by atoms with Crippen molar-refractivity contribution in [3.8, 4) is 0 Å². The van der Waals surface area contributed by atoms with Gasteiger partial charge in [0.25, 0.3) is 0 Å². The van der Waals surface area contributed by atoms with Crippen molar-refractivity contribution in [1.82, 2.24) is 21.3 Å². The Bertz CT molecular complexity index is 1680. The van der Waals surface area contributed by atoms with Gasteiger partial charge >= 0.3 is 0 Å². The zero-order valence-corrected chi connectivity index (χ0v) is 30.9. The molecule has 0 saturated heterocycles. The van der Waals surface area contributed by atoms with Gasteiger partial charge in [-0.1, -0.05) is 99.5 Å². The van der Waals surface area contributed by atoms with Crippen molar-refractivity contribution < 1.29 is 33.6 Å². The fraction of sp³-hybridized carbons (Fsp3) is 0.500. The lowest BCUT2D eigenvalue weighted by Gasteiger charge is -2.29. The van der Waals surface area contributed by atoms with Crippen molar-refractivity contribution in [3.05, 3.63) is 83.4 Å². The molecule has 0 bridgehead atoms. The second-order valence-electron chi connectivity index (χ2n) is 15.1. The first kappa shape index (κ1) is 40.1. The lowest BCUT2D eigenvalue weighted by molar-refractivity contribution is -0.134. The normalized spacial score (nSPS) is 24.4. The van der Waals surface area contributed by atoms with Gasteiger partial charge < -0.3 is 27.0 Å². The minimum absolute atomic E-state index is 0.127. The Hall–Kier alpha value is -5.13. The maximum Gasteiger partial charge on any atom is 0.244 e. The average molecular weight is 740 g/mol. The summed E-state index contributed by atoms with van der Waals surface area (Å²) < 4.78 is 0. The third-order valence-electron chi connectivity index (χ3n) is 10.7. The number of allylic oxidation sites excluding steroid dienone is 1. The number of benzene rings is 2. The van der Waals surface area contributed by atoms with Crippen LogP contribution in [0, 0.1) is 17.8 Å². The monoisotopic (exact) mass is 739 g/mol. The van der Waals surface area contributed by atoms with Gasteiger partial charge in [-0.15, -0.1) is 0 Å². The van der Waals surface area contributed by atoms with E-state index < -0.39 is 59.4 Å². The molecule has 1 heterocycles. The second kappa shape index (κ2) is 19.8. The third-order valence-corrected chi connectivity index (χ3v) is 10.7. The molecule has 0 spiro atoms. The van der Waals surface area contributed by atoms with E-state index in [1.54, 1.807) is 48.5 Å². The van der Waals surface area contributed by atoms with Crippen LogP contribution in [-0.4, -0.2) is 65.8 Å². The van der Waals surface area contributed by atoms with Gasteiger partial charge in [0.2, 0.25) is 29.5 Å². The van der Waals surface area contributed by atoms with Crippen molar-refractivity contribution >= 4 is 41.1 Å². The van der Waals surface area contributed by atoms with Crippen LogP contribution in [0.5, 0.6) is 0 Å². The molecule has 2 saturated carbocycles. The van der Waals surface area contributed by atoms with Crippen LogP contribution in [0.15, 0.2) is 66.7 Å². The summed E-state index contributed by atoms with van der Waals surface area (Å²) >= 11 is 0. The van der Waals surface area contributed by atoms with Crippen LogP contribution in [0.3, 0.4) is 0 Å². The summed E-state index contributed by atoms with van der Waals surface area (Å²) in [5.74, 6) is -3.42. The molecule has 4 atom stereocenters.